The molecule has 0 amide bonds. The van der Waals surface area contributed by atoms with Gasteiger partial charge in [-0.3, -0.25) is 9.89 Å². The molecule has 1 unspecified atom stereocenters. The van der Waals surface area contributed by atoms with Crippen molar-refractivity contribution in [3.8, 4) is 0 Å². The number of likely N-dealkylation sites (tertiary alicyclic amines) is 1. The SMILES string of the molecule is CN=C(NCc1ccccc1C)NC1CCN(C2CCCC2)C1.I. The van der Waals surface area contributed by atoms with E-state index in [1.54, 1.807) is 0 Å². The van der Waals surface area contributed by atoms with E-state index in [1.165, 1.54) is 49.8 Å². The molecule has 1 atom stereocenters. The first-order valence-corrected chi connectivity index (χ1v) is 9.02. The molecule has 1 aromatic carbocycles. The molecule has 1 saturated heterocycles. The molecule has 0 radical (unpaired) electrons. The summed E-state index contributed by atoms with van der Waals surface area (Å²) in [6.07, 6.45) is 6.85. The molecule has 3 rings (SSSR count). The molecule has 4 nitrogen and oxygen atoms in total. The second-order valence-corrected chi connectivity index (χ2v) is 6.92. The van der Waals surface area contributed by atoms with Gasteiger partial charge in [-0.25, -0.2) is 0 Å². The Morgan fingerprint density at radius 2 is 1.96 bits per heavy atom. The van der Waals surface area contributed by atoms with Crippen molar-refractivity contribution < 1.29 is 0 Å². The van der Waals surface area contributed by atoms with Crippen LogP contribution in [0.2, 0.25) is 0 Å². The molecule has 1 saturated carbocycles. The zero-order valence-electron chi connectivity index (χ0n) is 14.9. The predicted octanol–water partition coefficient (Wildman–Crippen LogP) is 3.29. The van der Waals surface area contributed by atoms with E-state index in [0.29, 0.717) is 6.04 Å². The summed E-state index contributed by atoms with van der Waals surface area (Å²) in [4.78, 5) is 7.07. The third kappa shape index (κ3) is 5.09. The van der Waals surface area contributed by atoms with Crippen LogP contribution in [-0.2, 0) is 6.54 Å². The number of guanidine groups is 1. The van der Waals surface area contributed by atoms with Gasteiger partial charge in [0.1, 0.15) is 0 Å². The van der Waals surface area contributed by atoms with Crippen LogP contribution in [0.15, 0.2) is 29.3 Å². The minimum absolute atomic E-state index is 0. The van der Waals surface area contributed by atoms with Crippen molar-refractivity contribution in [2.24, 2.45) is 4.99 Å². The molecule has 1 aromatic rings. The van der Waals surface area contributed by atoms with Crippen LogP contribution in [0.25, 0.3) is 0 Å². The van der Waals surface area contributed by atoms with Crippen LogP contribution >= 0.6 is 24.0 Å². The van der Waals surface area contributed by atoms with E-state index in [0.717, 1.165) is 25.1 Å². The largest absolute Gasteiger partial charge is 0.352 e. The van der Waals surface area contributed by atoms with Crippen LogP contribution in [0.3, 0.4) is 0 Å². The molecule has 5 heteroatoms. The van der Waals surface area contributed by atoms with Crippen LogP contribution < -0.4 is 10.6 Å². The topological polar surface area (TPSA) is 39.7 Å². The maximum absolute atomic E-state index is 4.39. The number of hydrogen-bond acceptors (Lipinski definition) is 2. The van der Waals surface area contributed by atoms with Crippen molar-refractivity contribution in [1.29, 1.82) is 0 Å². The van der Waals surface area contributed by atoms with Crippen LogP contribution in [0.1, 0.15) is 43.2 Å². The van der Waals surface area contributed by atoms with Gasteiger partial charge in [0.25, 0.3) is 0 Å². The second-order valence-electron chi connectivity index (χ2n) is 6.92. The number of rotatable bonds is 4. The van der Waals surface area contributed by atoms with Crippen molar-refractivity contribution in [2.45, 2.75) is 57.7 Å². The fourth-order valence-electron chi connectivity index (χ4n) is 3.88. The fourth-order valence-corrected chi connectivity index (χ4v) is 3.88. The predicted molar refractivity (Wildman–Crippen MR) is 112 cm³/mol. The van der Waals surface area contributed by atoms with Gasteiger partial charge in [0.15, 0.2) is 5.96 Å². The average Bonchev–Trinajstić information content (AvgIpc) is 3.24. The lowest BCUT2D eigenvalue weighted by atomic mass is 10.1. The third-order valence-electron chi connectivity index (χ3n) is 5.33. The quantitative estimate of drug-likeness (QED) is 0.427. The van der Waals surface area contributed by atoms with Gasteiger partial charge >= 0.3 is 0 Å². The van der Waals surface area contributed by atoms with E-state index in [1.807, 2.05) is 7.05 Å². The van der Waals surface area contributed by atoms with Gasteiger partial charge in [-0.15, -0.1) is 24.0 Å². The molecular weight excluding hydrogens is 411 g/mol. The van der Waals surface area contributed by atoms with Gasteiger partial charge in [0, 0.05) is 38.8 Å². The Hall–Kier alpha value is -0.820. The first-order valence-electron chi connectivity index (χ1n) is 9.02. The van der Waals surface area contributed by atoms with Crippen molar-refractivity contribution in [1.82, 2.24) is 15.5 Å². The standard InChI is InChI=1S/C19H30N4.HI/c1-15-7-3-4-8-16(15)13-21-19(20-2)22-17-11-12-23(14-17)18-9-5-6-10-18;/h3-4,7-8,17-18H,5-6,9-14H2,1-2H3,(H2,20,21,22);1H. The molecule has 2 N–H and O–H groups in total. The highest BCUT2D eigenvalue weighted by Gasteiger charge is 2.30. The molecule has 134 valence electrons. The van der Waals surface area contributed by atoms with Crippen molar-refractivity contribution >= 4 is 29.9 Å². The first-order chi connectivity index (χ1) is 11.3. The average molecular weight is 442 g/mol. The van der Waals surface area contributed by atoms with Gasteiger partial charge in [-0.2, -0.15) is 0 Å². The fraction of sp³-hybridized carbons (Fsp3) is 0.632. The first kappa shape index (κ1) is 19.5. The number of nitrogens with one attached hydrogen (secondary N) is 2. The number of aliphatic imine (C=N–C) groups is 1. The van der Waals surface area contributed by atoms with E-state index >= 15 is 0 Å². The maximum Gasteiger partial charge on any atom is 0.191 e. The molecule has 1 aliphatic carbocycles. The van der Waals surface area contributed by atoms with E-state index in [-0.39, 0.29) is 24.0 Å². The third-order valence-corrected chi connectivity index (χ3v) is 5.33. The Morgan fingerprint density at radius 1 is 1.21 bits per heavy atom. The Balaban J connectivity index is 0.00000208. The number of aryl methyl sites for hydroxylation is 1. The molecule has 24 heavy (non-hydrogen) atoms. The van der Waals surface area contributed by atoms with Gasteiger partial charge < -0.3 is 10.6 Å². The van der Waals surface area contributed by atoms with E-state index in [4.69, 9.17) is 0 Å². The van der Waals surface area contributed by atoms with Gasteiger partial charge in [-0.1, -0.05) is 37.1 Å². The lowest BCUT2D eigenvalue weighted by Crippen LogP contribution is -2.45. The van der Waals surface area contributed by atoms with E-state index < -0.39 is 0 Å². The molecular formula is C19H31IN4. The summed E-state index contributed by atoms with van der Waals surface area (Å²) in [6, 6.07) is 9.87. The highest BCUT2D eigenvalue weighted by molar-refractivity contribution is 14.0. The Morgan fingerprint density at radius 3 is 2.67 bits per heavy atom. The summed E-state index contributed by atoms with van der Waals surface area (Å²) in [5.41, 5.74) is 2.65. The summed E-state index contributed by atoms with van der Waals surface area (Å²) in [5, 5.41) is 7.06. The Labute approximate surface area is 163 Å². The highest BCUT2D eigenvalue weighted by atomic mass is 127. The Kier molecular flexibility index (Phi) is 7.81. The summed E-state index contributed by atoms with van der Waals surface area (Å²) < 4.78 is 0. The molecule has 0 bridgehead atoms. The minimum atomic E-state index is 0. The van der Waals surface area contributed by atoms with Crippen LogP contribution in [0, 0.1) is 6.92 Å². The highest BCUT2D eigenvalue weighted by Crippen LogP contribution is 2.26. The number of hydrogen-bond donors (Lipinski definition) is 2. The Bertz CT molecular complexity index is 540. The number of benzene rings is 1. The van der Waals surface area contributed by atoms with Gasteiger partial charge in [-0.05, 0) is 37.3 Å². The monoisotopic (exact) mass is 442 g/mol. The van der Waals surface area contributed by atoms with E-state index in [9.17, 15) is 0 Å². The summed E-state index contributed by atoms with van der Waals surface area (Å²) in [6.45, 7) is 5.38. The molecule has 2 aliphatic rings. The van der Waals surface area contributed by atoms with Gasteiger partial charge in [0.05, 0.1) is 0 Å². The molecule has 0 spiro atoms. The van der Waals surface area contributed by atoms with Gasteiger partial charge in [0.2, 0.25) is 0 Å². The van der Waals surface area contributed by atoms with Crippen molar-refractivity contribution in [3.63, 3.8) is 0 Å². The second kappa shape index (κ2) is 9.61. The van der Waals surface area contributed by atoms with Crippen LogP contribution in [0.5, 0.6) is 0 Å². The normalized spacial score (nSPS) is 22.4. The maximum atomic E-state index is 4.39. The molecule has 2 fully saturated rings. The molecule has 1 heterocycles. The number of nitrogens with zero attached hydrogens (tertiary/aromatic N) is 2. The molecule has 0 aromatic heterocycles. The summed E-state index contributed by atoms with van der Waals surface area (Å²) >= 11 is 0. The number of halogens is 1. The van der Waals surface area contributed by atoms with Crippen molar-refractivity contribution in [2.75, 3.05) is 20.1 Å². The zero-order chi connectivity index (χ0) is 16.1. The summed E-state index contributed by atoms with van der Waals surface area (Å²) in [7, 11) is 1.86. The molecule has 1 aliphatic heterocycles. The van der Waals surface area contributed by atoms with E-state index in [2.05, 4.69) is 51.7 Å². The smallest absolute Gasteiger partial charge is 0.191 e. The van der Waals surface area contributed by atoms with Crippen LogP contribution in [0.4, 0.5) is 0 Å². The summed E-state index contributed by atoms with van der Waals surface area (Å²) in [5.74, 6) is 0.923. The zero-order valence-corrected chi connectivity index (χ0v) is 17.3. The lowest BCUT2D eigenvalue weighted by Gasteiger charge is -2.24. The lowest BCUT2D eigenvalue weighted by molar-refractivity contribution is 0.242. The van der Waals surface area contributed by atoms with Crippen LogP contribution in [-0.4, -0.2) is 43.1 Å². The van der Waals surface area contributed by atoms with Crippen molar-refractivity contribution in [3.05, 3.63) is 35.4 Å². The minimum Gasteiger partial charge on any atom is -0.352 e.